The van der Waals surface area contributed by atoms with Crippen LogP contribution in [0.3, 0.4) is 0 Å². The Labute approximate surface area is 84.3 Å². The maximum absolute atomic E-state index is 4.23. The molecule has 0 saturated carbocycles. The fourth-order valence-corrected chi connectivity index (χ4v) is 1.74. The number of anilines is 1. The third kappa shape index (κ3) is 1.85. The second-order valence-corrected chi connectivity index (χ2v) is 3.72. The summed E-state index contributed by atoms with van der Waals surface area (Å²) in [5.74, 6) is 0.890. The SMILES string of the molecule is CCNc1cc2c(nn1)CCN(C)C2. The van der Waals surface area contributed by atoms with Gasteiger partial charge in [-0.3, -0.25) is 0 Å². The molecule has 0 fully saturated rings. The normalized spacial score (nSPS) is 16.4. The number of hydrogen-bond donors (Lipinski definition) is 1. The number of hydrogen-bond acceptors (Lipinski definition) is 4. The van der Waals surface area contributed by atoms with Crippen molar-refractivity contribution in [2.24, 2.45) is 0 Å². The van der Waals surface area contributed by atoms with Crippen LogP contribution in [0.15, 0.2) is 6.07 Å². The topological polar surface area (TPSA) is 41.1 Å². The van der Waals surface area contributed by atoms with Gasteiger partial charge < -0.3 is 10.2 Å². The van der Waals surface area contributed by atoms with Gasteiger partial charge in [0.1, 0.15) is 5.82 Å². The quantitative estimate of drug-likeness (QED) is 0.755. The molecule has 0 radical (unpaired) electrons. The second-order valence-electron chi connectivity index (χ2n) is 3.72. The van der Waals surface area contributed by atoms with Crippen LogP contribution in [0.4, 0.5) is 5.82 Å². The average Bonchev–Trinajstić information content (AvgIpc) is 2.17. The summed E-state index contributed by atoms with van der Waals surface area (Å²) >= 11 is 0. The predicted molar refractivity (Wildman–Crippen MR) is 56.2 cm³/mol. The molecule has 1 aliphatic heterocycles. The lowest BCUT2D eigenvalue weighted by Crippen LogP contribution is -2.27. The second kappa shape index (κ2) is 3.92. The lowest BCUT2D eigenvalue weighted by Gasteiger charge is -2.23. The van der Waals surface area contributed by atoms with Crippen LogP contribution in [-0.2, 0) is 13.0 Å². The van der Waals surface area contributed by atoms with Crippen LogP contribution in [-0.4, -0.2) is 35.2 Å². The molecule has 0 aromatic carbocycles. The van der Waals surface area contributed by atoms with Crippen molar-refractivity contribution >= 4 is 5.82 Å². The number of aromatic nitrogens is 2. The lowest BCUT2D eigenvalue weighted by molar-refractivity contribution is 0.309. The highest BCUT2D eigenvalue weighted by molar-refractivity contribution is 5.38. The van der Waals surface area contributed by atoms with Crippen molar-refractivity contribution in [2.75, 3.05) is 25.5 Å². The summed E-state index contributed by atoms with van der Waals surface area (Å²) < 4.78 is 0. The van der Waals surface area contributed by atoms with E-state index in [1.807, 2.05) is 0 Å². The zero-order valence-electron chi connectivity index (χ0n) is 8.75. The Balaban J connectivity index is 2.24. The van der Waals surface area contributed by atoms with Gasteiger partial charge in [0.25, 0.3) is 0 Å². The van der Waals surface area contributed by atoms with E-state index in [-0.39, 0.29) is 0 Å². The minimum Gasteiger partial charge on any atom is -0.369 e. The van der Waals surface area contributed by atoms with Crippen LogP contribution < -0.4 is 5.32 Å². The largest absolute Gasteiger partial charge is 0.369 e. The minimum absolute atomic E-state index is 0.890. The van der Waals surface area contributed by atoms with E-state index in [9.17, 15) is 0 Å². The fourth-order valence-electron chi connectivity index (χ4n) is 1.74. The van der Waals surface area contributed by atoms with Gasteiger partial charge in [0.05, 0.1) is 5.69 Å². The van der Waals surface area contributed by atoms with E-state index in [2.05, 4.69) is 40.5 Å². The van der Waals surface area contributed by atoms with Crippen molar-refractivity contribution in [2.45, 2.75) is 19.9 Å². The number of nitrogens with zero attached hydrogens (tertiary/aromatic N) is 3. The molecule has 76 valence electrons. The van der Waals surface area contributed by atoms with E-state index < -0.39 is 0 Å². The molecule has 4 nitrogen and oxygen atoms in total. The number of fused-ring (bicyclic) bond motifs is 1. The molecule has 0 atom stereocenters. The first-order valence-electron chi connectivity index (χ1n) is 5.07. The summed E-state index contributed by atoms with van der Waals surface area (Å²) in [6, 6.07) is 2.11. The molecule has 4 heteroatoms. The Hall–Kier alpha value is -1.16. The monoisotopic (exact) mass is 192 g/mol. The highest BCUT2D eigenvalue weighted by atomic mass is 15.2. The molecular weight excluding hydrogens is 176 g/mol. The highest BCUT2D eigenvalue weighted by Crippen LogP contribution is 2.17. The summed E-state index contributed by atoms with van der Waals surface area (Å²) in [5, 5.41) is 11.5. The molecule has 0 amide bonds. The minimum atomic E-state index is 0.890. The van der Waals surface area contributed by atoms with Crippen LogP contribution in [0.1, 0.15) is 18.2 Å². The molecule has 0 spiro atoms. The Bertz CT molecular complexity index is 324. The first kappa shape index (κ1) is 9.40. The van der Waals surface area contributed by atoms with Crippen LogP contribution in [0, 0.1) is 0 Å². The molecule has 1 aromatic rings. The van der Waals surface area contributed by atoms with Crippen LogP contribution in [0.5, 0.6) is 0 Å². The highest BCUT2D eigenvalue weighted by Gasteiger charge is 2.15. The molecule has 14 heavy (non-hydrogen) atoms. The zero-order chi connectivity index (χ0) is 9.97. The van der Waals surface area contributed by atoms with Gasteiger partial charge >= 0.3 is 0 Å². The zero-order valence-corrected chi connectivity index (χ0v) is 8.75. The Morgan fingerprint density at radius 2 is 2.36 bits per heavy atom. The van der Waals surface area contributed by atoms with Gasteiger partial charge in [-0.2, -0.15) is 5.10 Å². The first-order valence-corrected chi connectivity index (χ1v) is 5.07. The third-order valence-electron chi connectivity index (χ3n) is 2.49. The molecule has 0 aliphatic carbocycles. The Morgan fingerprint density at radius 3 is 3.14 bits per heavy atom. The molecule has 1 N–H and O–H groups in total. The van der Waals surface area contributed by atoms with E-state index in [0.29, 0.717) is 0 Å². The van der Waals surface area contributed by atoms with Crippen LogP contribution in [0.25, 0.3) is 0 Å². The molecule has 0 bridgehead atoms. The van der Waals surface area contributed by atoms with E-state index in [4.69, 9.17) is 0 Å². The standard InChI is InChI=1S/C10H16N4/c1-3-11-10-6-8-7-14(2)5-4-9(8)12-13-10/h6H,3-5,7H2,1-2H3,(H,11,13). The summed E-state index contributed by atoms with van der Waals surface area (Å²) in [5.41, 5.74) is 2.47. The molecular formula is C10H16N4. The van der Waals surface area contributed by atoms with Gasteiger partial charge in [0, 0.05) is 26.1 Å². The van der Waals surface area contributed by atoms with Crippen molar-refractivity contribution in [3.05, 3.63) is 17.3 Å². The smallest absolute Gasteiger partial charge is 0.148 e. The molecule has 2 rings (SSSR count). The summed E-state index contributed by atoms with van der Waals surface area (Å²) in [6.45, 7) is 5.03. The van der Waals surface area contributed by atoms with Crippen LogP contribution >= 0.6 is 0 Å². The maximum atomic E-state index is 4.23. The summed E-state index contributed by atoms with van der Waals surface area (Å²) in [6.07, 6.45) is 1.02. The average molecular weight is 192 g/mol. The lowest BCUT2D eigenvalue weighted by atomic mass is 10.1. The predicted octanol–water partition coefficient (Wildman–Crippen LogP) is 0.896. The van der Waals surface area contributed by atoms with Gasteiger partial charge in [-0.05, 0) is 25.6 Å². The third-order valence-corrected chi connectivity index (χ3v) is 2.49. The number of rotatable bonds is 2. The van der Waals surface area contributed by atoms with Crippen molar-refractivity contribution in [3.8, 4) is 0 Å². The van der Waals surface area contributed by atoms with E-state index in [0.717, 1.165) is 37.6 Å². The fraction of sp³-hybridized carbons (Fsp3) is 0.600. The molecule has 0 saturated heterocycles. The summed E-state index contributed by atoms with van der Waals surface area (Å²) in [4.78, 5) is 2.31. The van der Waals surface area contributed by atoms with Crippen LogP contribution in [0.2, 0.25) is 0 Å². The maximum Gasteiger partial charge on any atom is 0.148 e. The number of likely N-dealkylation sites (N-methyl/N-ethyl adjacent to an activating group) is 1. The van der Waals surface area contributed by atoms with Crippen molar-refractivity contribution < 1.29 is 0 Å². The van der Waals surface area contributed by atoms with E-state index >= 15 is 0 Å². The van der Waals surface area contributed by atoms with E-state index in [1.54, 1.807) is 0 Å². The Morgan fingerprint density at radius 1 is 1.50 bits per heavy atom. The first-order chi connectivity index (χ1) is 6.79. The molecule has 1 aromatic heterocycles. The van der Waals surface area contributed by atoms with Crippen molar-refractivity contribution in [1.29, 1.82) is 0 Å². The van der Waals surface area contributed by atoms with Gasteiger partial charge in [-0.15, -0.1) is 5.10 Å². The van der Waals surface area contributed by atoms with Gasteiger partial charge in [0.2, 0.25) is 0 Å². The summed E-state index contributed by atoms with van der Waals surface area (Å²) in [7, 11) is 2.14. The van der Waals surface area contributed by atoms with Crippen molar-refractivity contribution in [1.82, 2.24) is 15.1 Å². The van der Waals surface area contributed by atoms with E-state index in [1.165, 1.54) is 5.56 Å². The molecule has 2 heterocycles. The molecule has 1 aliphatic rings. The molecule has 0 unspecified atom stereocenters. The number of nitrogens with one attached hydrogen (secondary N) is 1. The van der Waals surface area contributed by atoms with Gasteiger partial charge in [-0.25, -0.2) is 0 Å². The van der Waals surface area contributed by atoms with Gasteiger partial charge in [0.15, 0.2) is 0 Å². The van der Waals surface area contributed by atoms with Crippen molar-refractivity contribution in [3.63, 3.8) is 0 Å². The Kier molecular flexibility index (Phi) is 2.63. The van der Waals surface area contributed by atoms with Gasteiger partial charge in [-0.1, -0.05) is 0 Å².